The van der Waals surface area contributed by atoms with Crippen molar-refractivity contribution in [2.24, 2.45) is 0 Å². The molecule has 0 amide bonds. The van der Waals surface area contributed by atoms with Gasteiger partial charge < -0.3 is 29.2 Å². The van der Waals surface area contributed by atoms with Gasteiger partial charge in [-0.05, 0) is 24.3 Å². The average molecular weight is 418 g/mol. The van der Waals surface area contributed by atoms with Crippen molar-refractivity contribution in [3.63, 3.8) is 0 Å². The molecule has 0 aromatic heterocycles. The second-order valence-electron chi connectivity index (χ2n) is 5.71. The van der Waals surface area contributed by atoms with E-state index in [4.69, 9.17) is 9.47 Å². The predicted octanol–water partition coefficient (Wildman–Crippen LogP) is 0.493. The summed E-state index contributed by atoms with van der Waals surface area (Å²) in [5.74, 6) is -5.40. The van der Waals surface area contributed by atoms with Gasteiger partial charge in [-0.15, -0.1) is 0 Å². The van der Waals surface area contributed by atoms with Gasteiger partial charge in [0.05, 0.1) is 14.2 Å². The Morgan fingerprint density at radius 1 is 0.667 bits per heavy atom. The molecule has 2 N–H and O–H groups in total. The number of ether oxygens (including phenoxy) is 4. The normalized spacial score (nSPS) is 12.3. The molecule has 158 valence electrons. The van der Waals surface area contributed by atoms with E-state index in [0.717, 1.165) is 0 Å². The molecule has 2 atom stereocenters. The van der Waals surface area contributed by atoms with Crippen LogP contribution in [-0.4, -0.2) is 60.5 Å². The first-order chi connectivity index (χ1) is 14.3. The maximum Gasteiger partial charge on any atom is 0.349 e. The van der Waals surface area contributed by atoms with Crippen LogP contribution >= 0.6 is 0 Å². The zero-order valence-corrected chi connectivity index (χ0v) is 15.9. The maximum absolute atomic E-state index is 12.1. The number of aliphatic hydroxyl groups is 2. The monoisotopic (exact) mass is 418 g/mol. The second-order valence-corrected chi connectivity index (χ2v) is 5.71. The van der Waals surface area contributed by atoms with Crippen LogP contribution in [-0.2, 0) is 19.1 Å². The Balaban J connectivity index is 2.02. The third-order valence-electron chi connectivity index (χ3n) is 3.82. The number of aliphatic hydroxyl groups excluding tert-OH is 2. The van der Waals surface area contributed by atoms with E-state index < -0.39 is 36.1 Å². The molecule has 0 aliphatic rings. The molecule has 2 rings (SSSR count). The number of carbonyl (C=O) groups is 4. The van der Waals surface area contributed by atoms with E-state index in [2.05, 4.69) is 9.47 Å². The Morgan fingerprint density at radius 2 is 1.00 bits per heavy atom. The number of carbonyl (C=O) groups excluding carboxylic acids is 4. The van der Waals surface area contributed by atoms with Crippen LogP contribution in [0.4, 0.5) is 0 Å². The quantitative estimate of drug-likeness (QED) is 0.481. The van der Waals surface area contributed by atoms with Crippen LogP contribution in [0.3, 0.4) is 0 Å². The molecule has 0 aliphatic carbocycles. The van der Waals surface area contributed by atoms with Crippen LogP contribution < -0.4 is 9.47 Å². The van der Waals surface area contributed by atoms with Crippen LogP contribution in [0.25, 0.3) is 0 Å². The minimum atomic E-state index is -2.48. The van der Waals surface area contributed by atoms with E-state index in [0.29, 0.717) is 0 Å². The van der Waals surface area contributed by atoms with Crippen LogP contribution in [0.1, 0.15) is 20.7 Å². The molecule has 0 bridgehead atoms. The molecule has 0 spiro atoms. The smallest absolute Gasteiger partial charge is 0.349 e. The topological polar surface area (TPSA) is 146 Å². The number of rotatable bonds is 7. The number of hydrogen-bond donors (Lipinski definition) is 2. The summed E-state index contributed by atoms with van der Waals surface area (Å²) in [6.07, 6.45) is -4.97. The number of para-hydroxylation sites is 2. The van der Waals surface area contributed by atoms with E-state index in [9.17, 15) is 29.4 Å². The highest BCUT2D eigenvalue weighted by Gasteiger charge is 2.36. The first-order valence-corrected chi connectivity index (χ1v) is 8.44. The highest BCUT2D eigenvalue weighted by molar-refractivity contribution is 6.03. The Labute approximate surface area is 170 Å². The van der Waals surface area contributed by atoms with E-state index >= 15 is 0 Å². The molecule has 0 saturated carbocycles. The lowest BCUT2D eigenvalue weighted by atomic mass is 10.2. The molecule has 2 aromatic rings. The van der Waals surface area contributed by atoms with Gasteiger partial charge in [-0.25, -0.2) is 19.2 Å². The Kier molecular flexibility index (Phi) is 7.62. The van der Waals surface area contributed by atoms with Crippen LogP contribution in [0.2, 0.25) is 0 Å². The van der Waals surface area contributed by atoms with Crippen molar-refractivity contribution in [2.75, 3.05) is 14.2 Å². The first-order valence-electron chi connectivity index (χ1n) is 8.44. The second kappa shape index (κ2) is 10.1. The fourth-order valence-corrected chi connectivity index (χ4v) is 2.30. The largest absolute Gasteiger partial charge is 0.496 e. The number of methoxy groups -OCH3 is 2. The molecule has 2 aromatic carbocycles. The molecule has 30 heavy (non-hydrogen) atoms. The van der Waals surface area contributed by atoms with Gasteiger partial charge in [-0.3, -0.25) is 0 Å². The summed E-state index contributed by atoms with van der Waals surface area (Å²) >= 11 is 0. The lowest BCUT2D eigenvalue weighted by Crippen LogP contribution is -2.43. The fraction of sp³-hybridized carbons (Fsp3) is 0.200. The Hall–Kier alpha value is -3.76. The Morgan fingerprint density at radius 3 is 1.33 bits per heavy atom. The predicted molar refractivity (Wildman–Crippen MR) is 98.8 cm³/mol. The van der Waals surface area contributed by atoms with Crippen molar-refractivity contribution in [2.45, 2.75) is 12.2 Å². The summed E-state index contributed by atoms with van der Waals surface area (Å²) in [5.41, 5.74) is -0.243. The van der Waals surface area contributed by atoms with Gasteiger partial charge in [0.15, 0.2) is 12.2 Å². The van der Waals surface area contributed by atoms with Crippen molar-refractivity contribution in [1.82, 2.24) is 0 Å². The van der Waals surface area contributed by atoms with Gasteiger partial charge in [0.25, 0.3) is 0 Å². The number of hydrogen-bond acceptors (Lipinski definition) is 10. The highest BCUT2D eigenvalue weighted by atomic mass is 16.6. The lowest BCUT2D eigenvalue weighted by molar-refractivity contribution is -0.166. The van der Waals surface area contributed by atoms with Gasteiger partial charge >= 0.3 is 23.9 Å². The first kappa shape index (κ1) is 22.5. The summed E-state index contributed by atoms with van der Waals surface area (Å²) in [6.45, 7) is 0. The lowest BCUT2D eigenvalue weighted by Gasteiger charge is -2.15. The molecule has 2 unspecified atom stereocenters. The van der Waals surface area contributed by atoms with E-state index in [-0.39, 0.29) is 22.6 Å². The van der Waals surface area contributed by atoms with Gasteiger partial charge in [0, 0.05) is 0 Å². The molecule has 10 nitrogen and oxygen atoms in total. The van der Waals surface area contributed by atoms with Crippen molar-refractivity contribution < 1.29 is 48.3 Å². The summed E-state index contributed by atoms with van der Waals surface area (Å²) in [6, 6.07) is 11.6. The summed E-state index contributed by atoms with van der Waals surface area (Å²) in [5, 5.41) is 19.6. The highest BCUT2D eigenvalue weighted by Crippen LogP contribution is 2.20. The van der Waals surface area contributed by atoms with Gasteiger partial charge in [0.1, 0.15) is 22.6 Å². The zero-order chi connectivity index (χ0) is 22.3. The minimum absolute atomic E-state index is 0.104. The summed E-state index contributed by atoms with van der Waals surface area (Å²) in [7, 11) is 2.59. The van der Waals surface area contributed by atoms with E-state index in [1.54, 1.807) is 12.1 Å². The standard InChI is InChI=1S/C20H18O10/c1-27-13-9-5-3-7-11(13)17(23)29-19(25)15(21)16(22)20(26)30-18(24)12-8-4-6-10-14(12)28-2/h3-10,15-16,21-22H,1-2H3. The molecular formula is C20H18O10. The van der Waals surface area contributed by atoms with Crippen LogP contribution in [0.15, 0.2) is 48.5 Å². The van der Waals surface area contributed by atoms with Gasteiger partial charge in [0.2, 0.25) is 0 Å². The molecule has 10 heteroatoms. The van der Waals surface area contributed by atoms with Crippen LogP contribution in [0, 0.1) is 0 Å². The molecule has 0 fully saturated rings. The van der Waals surface area contributed by atoms with Crippen molar-refractivity contribution >= 4 is 23.9 Å². The summed E-state index contributed by atoms with van der Waals surface area (Å²) in [4.78, 5) is 48.0. The Bertz CT molecular complexity index is 875. The number of benzene rings is 2. The third kappa shape index (κ3) is 5.19. The van der Waals surface area contributed by atoms with Crippen LogP contribution in [0.5, 0.6) is 11.5 Å². The molecule has 0 saturated heterocycles. The maximum atomic E-state index is 12.1. The van der Waals surface area contributed by atoms with Gasteiger partial charge in [-0.2, -0.15) is 0 Å². The molecule has 0 radical (unpaired) electrons. The molecule has 0 heterocycles. The van der Waals surface area contributed by atoms with Crippen molar-refractivity contribution in [3.8, 4) is 11.5 Å². The van der Waals surface area contributed by atoms with E-state index in [1.165, 1.54) is 50.6 Å². The van der Waals surface area contributed by atoms with E-state index in [1.807, 2.05) is 0 Å². The van der Waals surface area contributed by atoms with Gasteiger partial charge in [-0.1, -0.05) is 24.3 Å². The SMILES string of the molecule is COc1ccccc1C(=O)OC(=O)C(O)C(O)C(=O)OC(=O)c1ccccc1OC. The minimum Gasteiger partial charge on any atom is -0.496 e. The van der Waals surface area contributed by atoms with Crippen molar-refractivity contribution in [1.29, 1.82) is 0 Å². The molecular weight excluding hydrogens is 400 g/mol. The fourth-order valence-electron chi connectivity index (χ4n) is 2.30. The summed E-state index contributed by atoms with van der Waals surface area (Å²) < 4.78 is 18.8. The zero-order valence-electron chi connectivity index (χ0n) is 15.9. The molecule has 0 aliphatic heterocycles. The van der Waals surface area contributed by atoms with Crippen molar-refractivity contribution in [3.05, 3.63) is 59.7 Å². The number of esters is 4. The average Bonchev–Trinajstić information content (AvgIpc) is 2.77. The third-order valence-corrected chi connectivity index (χ3v) is 3.82.